The summed E-state index contributed by atoms with van der Waals surface area (Å²) in [6.45, 7) is 6.69. The van der Waals surface area contributed by atoms with Crippen molar-refractivity contribution in [2.75, 3.05) is 0 Å². The van der Waals surface area contributed by atoms with Gasteiger partial charge in [-0.25, -0.2) is 8.78 Å². The molecule has 4 aliphatic rings. The molecule has 0 saturated heterocycles. The molecule has 4 aliphatic carbocycles. The van der Waals surface area contributed by atoms with Crippen LogP contribution in [0.2, 0.25) is 0 Å². The number of rotatable bonds is 3. The second-order valence-corrected chi connectivity index (χ2v) is 11.8. The summed E-state index contributed by atoms with van der Waals surface area (Å²) in [5.41, 5.74) is -6.91. The molecule has 0 heterocycles. The summed E-state index contributed by atoms with van der Waals surface area (Å²) in [5.74, 6) is -2.56. The first-order valence-corrected chi connectivity index (χ1v) is 12.5. The Kier molecular flexibility index (Phi) is 5.86. The minimum Gasteiger partial charge on any atom is -0.390 e. The lowest BCUT2D eigenvalue weighted by atomic mass is 9.44. The van der Waals surface area contributed by atoms with Gasteiger partial charge in [0.15, 0.2) is 16.6 Å². The summed E-state index contributed by atoms with van der Waals surface area (Å²) >= 11 is 0.491. The number of carbonyl (C=O) groups excluding carboxylic acids is 3. The van der Waals surface area contributed by atoms with E-state index in [4.69, 9.17) is 0 Å². The molecule has 0 aromatic rings. The highest BCUT2D eigenvalue weighted by Crippen LogP contribution is 2.71. The van der Waals surface area contributed by atoms with E-state index in [0.717, 1.165) is 6.08 Å². The average molecular weight is 483 g/mol. The number of hydrogen-bond acceptors (Lipinski definition) is 6. The van der Waals surface area contributed by atoms with Crippen molar-refractivity contribution >= 4 is 27.8 Å². The highest BCUT2D eigenvalue weighted by Gasteiger charge is 2.76. The predicted molar refractivity (Wildman–Crippen MR) is 121 cm³/mol. The molecule has 2 N–H and O–H groups in total. The van der Waals surface area contributed by atoms with Gasteiger partial charge in [-0.1, -0.05) is 26.8 Å². The zero-order chi connectivity index (χ0) is 24.6. The van der Waals surface area contributed by atoms with E-state index in [0.29, 0.717) is 18.2 Å². The van der Waals surface area contributed by atoms with Crippen LogP contribution in [0.15, 0.2) is 23.8 Å². The summed E-state index contributed by atoms with van der Waals surface area (Å²) in [6, 6.07) is 0. The van der Waals surface area contributed by atoms with Crippen LogP contribution in [0.3, 0.4) is 0 Å². The molecule has 9 atom stereocenters. The molecule has 8 heteroatoms. The topological polar surface area (TPSA) is 91.7 Å². The number of aliphatic hydroxyl groups excluding tert-OH is 1. The molecule has 4 rings (SSSR count). The molecule has 33 heavy (non-hydrogen) atoms. The molecule has 0 amide bonds. The number of aliphatic hydroxyl groups is 2. The Morgan fingerprint density at radius 1 is 1.24 bits per heavy atom. The Labute approximate surface area is 197 Å². The van der Waals surface area contributed by atoms with Gasteiger partial charge >= 0.3 is 0 Å². The van der Waals surface area contributed by atoms with Gasteiger partial charge in [-0.3, -0.25) is 14.4 Å². The quantitative estimate of drug-likeness (QED) is 0.635. The van der Waals surface area contributed by atoms with Gasteiger partial charge in [0, 0.05) is 23.2 Å². The molecule has 0 radical (unpaired) electrons. The van der Waals surface area contributed by atoms with Crippen molar-refractivity contribution in [2.24, 2.45) is 28.6 Å². The summed E-state index contributed by atoms with van der Waals surface area (Å²) in [6.07, 6.45) is 1.14. The molecule has 3 fully saturated rings. The largest absolute Gasteiger partial charge is 0.390 e. The summed E-state index contributed by atoms with van der Waals surface area (Å²) in [7, 11) is 0. The lowest BCUT2D eigenvalue weighted by Gasteiger charge is -2.63. The van der Waals surface area contributed by atoms with Crippen LogP contribution in [0, 0.1) is 28.6 Å². The maximum Gasteiger partial charge on any atom is 0.228 e. The van der Waals surface area contributed by atoms with Crippen molar-refractivity contribution in [1.29, 1.82) is 0 Å². The lowest BCUT2D eigenvalue weighted by Crippen LogP contribution is -2.70. The third-order valence-corrected chi connectivity index (χ3v) is 10.1. The SMILES string of the molecule is CCCC(=O)SC(=O)[C@@]1(O)[C@H](C)C[C@H]2[C@@H]3C[C@H](F)C4=CC(=O)C=C[C@]4(C)[C@@]3(F)[C@@H](O)C[C@@]21C. The standard InChI is InChI=1S/C25H32F2O5S/c1-5-6-20(30)33-21(31)25(32)13(2)9-15-16-11-18(26)17-10-14(28)7-8-22(17,3)24(16,27)19(29)12-23(15,25)4/h7-8,10,13,15-16,18-19,29,32H,5-6,9,11-12H2,1-4H3/t13-,15+,16+,18+,19+,22+,23+,24+,25+/m1/s1. The first kappa shape index (κ1) is 24.7. The smallest absolute Gasteiger partial charge is 0.228 e. The van der Waals surface area contributed by atoms with Crippen LogP contribution >= 0.6 is 11.8 Å². The van der Waals surface area contributed by atoms with Crippen LogP contribution in [-0.2, 0) is 14.4 Å². The van der Waals surface area contributed by atoms with Gasteiger partial charge in [0.1, 0.15) is 11.8 Å². The van der Waals surface area contributed by atoms with Crippen molar-refractivity contribution in [1.82, 2.24) is 0 Å². The Morgan fingerprint density at radius 3 is 2.55 bits per heavy atom. The maximum absolute atomic E-state index is 17.1. The minimum atomic E-state index is -2.26. The van der Waals surface area contributed by atoms with Gasteiger partial charge in [0.25, 0.3) is 0 Å². The number of halogens is 2. The molecule has 5 nitrogen and oxygen atoms in total. The Balaban J connectivity index is 1.77. The van der Waals surface area contributed by atoms with Gasteiger partial charge in [-0.15, -0.1) is 0 Å². The second kappa shape index (κ2) is 7.82. The Morgan fingerprint density at radius 2 is 1.91 bits per heavy atom. The normalized spacial score (nSPS) is 48.5. The minimum absolute atomic E-state index is 0.0366. The lowest BCUT2D eigenvalue weighted by molar-refractivity contribution is -0.221. The van der Waals surface area contributed by atoms with Crippen molar-refractivity contribution in [3.63, 3.8) is 0 Å². The highest BCUT2D eigenvalue weighted by atomic mass is 32.2. The predicted octanol–water partition coefficient (Wildman–Crippen LogP) is 3.87. The molecule has 0 unspecified atom stereocenters. The second-order valence-electron chi connectivity index (χ2n) is 10.8. The van der Waals surface area contributed by atoms with Crippen LogP contribution < -0.4 is 0 Å². The fourth-order valence-electron chi connectivity index (χ4n) is 7.41. The van der Waals surface area contributed by atoms with Gasteiger partial charge in [-0.05, 0) is 73.9 Å². The molecular formula is C25H32F2O5S. The van der Waals surface area contributed by atoms with E-state index in [9.17, 15) is 24.6 Å². The fraction of sp³-hybridized carbons (Fsp3) is 0.720. The fourth-order valence-corrected chi connectivity index (χ4v) is 8.51. The number of allylic oxidation sites excluding steroid dienone is 4. The van der Waals surface area contributed by atoms with E-state index in [1.54, 1.807) is 13.8 Å². The van der Waals surface area contributed by atoms with E-state index in [-0.39, 0.29) is 36.4 Å². The van der Waals surface area contributed by atoms with Gasteiger partial charge in [0.2, 0.25) is 5.12 Å². The van der Waals surface area contributed by atoms with Gasteiger partial charge < -0.3 is 10.2 Å². The summed E-state index contributed by atoms with van der Waals surface area (Å²) in [4.78, 5) is 37.3. The Hall–Kier alpha value is -1.38. The van der Waals surface area contributed by atoms with Crippen LogP contribution in [-0.4, -0.2) is 49.8 Å². The van der Waals surface area contributed by atoms with Crippen molar-refractivity contribution < 1.29 is 33.4 Å². The zero-order valence-electron chi connectivity index (χ0n) is 19.4. The van der Waals surface area contributed by atoms with Crippen LogP contribution in [0.1, 0.15) is 59.8 Å². The monoisotopic (exact) mass is 482 g/mol. The molecular weight excluding hydrogens is 450 g/mol. The zero-order valence-corrected chi connectivity index (χ0v) is 20.3. The van der Waals surface area contributed by atoms with E-state index in [2.05, 4.69) is 0 Å². The number of alkyl halides is 2. The third-order valence-electron chi connectivity index (χ3n) is 9.18. The summed E-state index contributed by atoms with van der Waals surface area (Å²) in [5, 5.41) is 22.0. The number of ketones is 1. The van der Waals surface area contributed by atoms with Gasteiger partial charge in [0.05, 0.1) is 6.10 Å². The molecule has 0 aromatic heterocycles. The average Bonchev–Trinajstić information content (AvgIpc) is 2.93. The highest BCUT2D eigenvalue weighted by molar-refractivity contribution is 8.26. The van der Waals surface area contributed by atoms with E-state index < -0.39 is 63.0 Å². The van der Waals surface area contributed by atoms with Crippen LogP contribution in [0.4, 0.5) is 8.78 Å². The maximum atomic E-state index is 17.1. The molecule has 0 aromatic carbocycles. The van der Waals surface area contributed by atoms with Crippen LogP contribution in [0.5, 0.6) is 0 Å². The number of fused-ring (bicyclic) bond motifs is 5. The first-order chi connectivity index (χ1) is 15.3. The van der Waals surface area contributed by atoms with Crippen molar-refractivity contribution in [2.45, 2.75) is 83.3 Å². The summed E-state index contributed by atoms with van der Waals surface area (Å²) < 4.78 is 32.5. The van der Waals surface area contributed by atoms with Crippen molar-refractivity contribution in [3.05, 3.63) is 23.8 Å². The molecule has 0 spiro atoms. The third kappa shape index (κ3) is 3.05. The number of hydrogen-bond donors (Lipinski definition) is 2. The van der Waals surface area contributed by atoms with Crippen LogP contribution in [0.25, 0.3) is 0 Å². The molecule has 3 saturated carbocycles. The molecule has 0 aliphatic heterocycles. The first-order valence-electron chi connectivity index (χ1n) is 11.7. The molecule has 0 bridgehead atoms. The van der Waals surface area contributed by atoms with Crippen molar-refractivity contribution in [3.8, 4) is 0 Å². The van der Waals surface area contributed by atoms with E-state index in [1.165, 1.54) is 19.1 Å². The Bertz CT molecular complexity index is 964. The van der Waals surface area contributed by atoms with E-state index >= 15 is 8.78 Å². The molecule has 182 valence electrons. The number of thioether (sulfide) groups is 1. The van der Waals surface area contributed by atoms with E-state index in [1.807, 2.05) is 6.92 Å². The number of carbonyl (C=O) groups is 3. The van der Waals surface area contributed by atoms with Gasteiger partial charge in [-0.2, -0.15) is 0 Å².